The van der Waals surface area contributed by atoms with E-state index in [2.05, 4.69) is 10.3 Å². The van der Waals surface area contributed by atoms with E-state index in [0.29, 0.717) is 13.2 Å². The third kappa shape index (κ3) is 2.14. The number of carbonyl (C=O) groups is 1. The average molecular weight is 279 g/mol. The van der Waals surface area contributed by atoms with Gasteiger partial charge in [-0.1, -0.05) is 0 Å². The van der Waals surface area contributed by atoms with Gasteiger partial charge in [0.25, 0.3) is 5.91 Å². The third-order valence-electron chi connectivity index (χ3n) is 4.10. The number of fused-ring (bicyclic) bond motifs is 1. The molecule has 1 saturated heterocycles. The maximum Gasteiger partial charge on any atom is 0.257 e. The van der Waals surface area contributed by atoms with Gasteiger partial charge in [-0.2, -0.15) is 0 Å². The second-order valence-electron chi connectivity index (χ2n) is 5.18. The Balaban J connectivity index is 1.88. The van der Waals surface area contributed by atoms with Gasteiger partial charge < -0.3 is 15.0 Å². The van der Waals surface area contributed by atoms with E-state index in [9.17, 15) is 9.18 Å². The van der Waals surface area contributed by atoms with Crippen LogP contribution in [0.1, 0.15) is 29.6 Å². The summed E-state index contributed by atoms with van der Waals surface area (Å²) in [5, 5.41) is 2.66. The topological polar surface area (TPSA) is 54.5 Å². The summed E-state index contributed by atoms with van der Waals surface area (Å²) >= 11 is 0. The monoisotopic (exact) mass is 279 g/mol. The van der Waals surface area contributed by atoms with Crippen molar-refractivity contribution >= 4 is 11.7 Å². The second-order valence-corrected chi connectivity index (χ2v) is 5.18. The van der Waals surface area contributed by atoms with Gasteiger partial charge in [0, 0.05) is 19.8 Å². The first-order valence-electron chi connectivity index (χ1n) is 6.97. The third-order valence-corrected chi connectivity index (χ3v) is 4.10. The van der Waals surface area contributed by atoms with Crippen LogP contribution in [0.25, 0.3) is 0 Å². The van der Waals surface area contributed by atoms with Crippen LogP contribution in [0.15, 0.2) is 12.3 Å². The highest BCUT2D eigenvalue weighted by Crippen LogP contribution is 2.31. The van der Waals surface area contributed by atoms with Crippen LogP contribution >= 0.6 is 0 Å². The zero-order chi connectivity index (χ0) is 14.1. The molecule has 1 N–H and O–H groups in total. The predicted octanol–water partition coefficient (Wildman–Crippen LogP) is 1.66. The van der Waals surface area contributed by atoms with Crippen molar-refractivity contribution < 1.29 is 13.9 Å². The largest absolute Gasteiger partial charge is 0.374 e. The Morgan fingerprint density at radius 2 is 2.40 bits per heavy atom. The normalized spacial score (nSPS) is 25.4. The molecule has 1 amide bonds. The van der Waals surface area contributed by atoms with Crippen molar-refractivity contribution in [1.82, 2.24) is 9.88 Å². The van der Waals surface area contributed by atoms with E-state index in [4.69, 9.17) is 4.74 Å². The fourth-order valence-corrected chi connectivity index (χ4v) is 3.12. The van der Waals surface area contributed by atoms with Crippen LogP contribution in [-0.2, 0) is 4.74 Å². The molecule has 0 aromatic carbocycles. The van der Waals surface area contributed by atoms with Crippen molar-refractivity contribution in [2.45, 2.75) is 31.4 Å². The van der Waals surface area contributed by atoms with Crippen LogP contribution in [0, 0.1) is 5.82 Å². The average Bonchev–Trinajstić information content (AvgIpc) is 2.95. The van der Waals surface area contributed by atoms with E-state index in [1.807, 2.05) is 0 Å². The molecule has 1 aromatic rings. The van der Waals surface area contributed by atoms with E-state index in [1.165, 1.54) is 12.3 Å². The quantitative estimate of drug-likeness (QED) is 0.894. The summed E-state index contributed by atoms with van der Waals surface area (Å²) in [6.07, 6.45) is 4.53. The number of morpholine rings is 1. The fraction of sp³-hybridized carbons (Fsp3) is 0.571. The summed E-state index contributed by atoms with van der Waals surface area (Å²) < 4.78 is 19.9. The molecule has 20 heavy (non-hydrogen) atoms. The second kappa shape index (κ2) is 5.36. The van der Waals surface area contributed by atoms with E-state index in [-0.39, 0.29) is 29.4 Å². The maximum atomic E-state index is 14.2. The Bertz CT molecular complexity index is 523. The summed E-state index contributed by atoms with van der Waals surface area (Å²) in [6, 6.07) is 1.53. The molecule has 5 nitrogen and oxygen atoms in total. The molecule has 1 aliphatic carbocycles. The Morgan fingerprint density at radius 3 is 3.20 bits per heavy atom. The molecule has 2 aliphatic rings. The van der Waals surface area contributed by atoms with Crippen molar-refractivity contribution in [2.75, 3.05) is 25.5 Å². The zero-order valence-corrected chi connectivity index (χ0v) is 11.4. The predicted molar refractivity (Wildman–Crippen MR) is 72.2 cm³/mol. The summed E-state index contributed by atoms with van der Waals surface area (Å²) in [4.78, 5) is 18.2. The van der Waals surface area contributed by atoms with Crippen molar-refractivity contribution in [1.29, 1.82) is 0 Å². The first-order chi connectivity index (χ1) is 9.72. The number of anilines is 1. The van der Waals surface area contributed by atoms with Crippen LogP contribution in [0.2, 0.25) is 0 Å². The van der Waals surface area contributed by atoms with E-state index >= 15 is 0 Å². The fourth-order valence-electron chi connectivity index (χ4n) is 3.12. The lowest BCUT2D eigenvalue weighted by Gasteiger charge is -2.37. The van der Waals surface area contributed by atoms with Gasteiger partial charge >= 0.3 is 0 Å². The highest BCUT2D eigenvalue weighted by molar-refractivity contribution is 5.95. The molecule has 108 valence electrons. The molecule has 3 rings (SSSR count). The number of ether oxygens (including phenoxy) is 1. The number of halogens is 1. The number of pyridine rings is 1. The maximum absolute atomic E-state index is 14.2. The molecule has 0 radical (unpaired) electrons. The highest BCUT2D eigenvalue weighted by atomic mass is 19.1. The molecular weight excluding hydrogens is 261 g/mol. The molecule has 2 unspecified atom stereocenters. The number of carbonyl (C=O) groups excluding carboxylic acids is 1. The summed E-state index contributed by atoms with van der Waals surface area (Å²) in [5.74, 6) is -0.741. The SMILES string of the molecule is CNc1nccc(C(=O)N2CCOC3CCCC32)c1F. The lowest BCUT2D eigenvalue weighted by Crippen LogP contribution is -2.51. The molecular formula is C14H18FN3O2. The van der Waals surface area contributed by atoms with E-state index in [0.717, 1.165) is 19.3 Å². The number of hydrogen-bond acceptors (Lipinski definition) is 4. The van der Waals surface area contributed by atoms with Gasteiger partial charge in [0.1, 0.15) is 0 Å². The van der Waals surface area contributed by atoms with E-state index in [1.54, 1.807) is 11.9 Å². The molecule has 0 bridgehead atoms. The number of nitrogens with zero attached hydrogens (tertiary/aromatic N) is 2. The summed E-state index contributed by atoms with van der Waals surface area (Å²) in [5.41, 5.74) is 0.0805. The lowest BCUT2D eigenvalue weighted by atomic mass is 10.1. The highest BCUT2D eigenvalue weighted by Gasteiger charge is 2.39. The van der Waals surface area contributed by atoms with Crippen molar-refractivity contribution in [3.63, 3.8) is 0 Å². The summed E-state index contributed by atoms with van der Waals surface area (Å²) in [7, 11) is 1.58. The van der Waals surface area contributed by atoms with Gasteiger partial charge in [0.15, 0.2) is 11.6 Å². The molecule has 0 spiro atoms. The number of hydrogen-bond donors (Lipinski definition) is 1. The molecule has 1 aliphatic heterocycles. The lowest BCUT2D eigenvalue weighted by molar-refractivity contribution is -0.0446. The molecule has 2 atom stereocenters. The minimum atomic E-state index is -0.582. The van der Waals surface area contributed by atoms with Gasteiger partial charge in [0.05, 0.1) is 24.3 Å². The van der Waals surface area contributed by atoms with Gasteiger partial charge in [-0.15, -0.1) is 0 Å². The van der Waals surface area contributed by atoms with Crippen LogP contribution < -0.4 is 5.32 Å². The van der Waals surface area contributed by atoms with Gasteiger partial charge in [0.2, 0.25) is 0 Å². The van der Waals surface area contributed by atoms with Crippen molar-refractivity contribution in [3.8, 4) is 0 Å². The number of rotatable bonds is 2. The molecule has 6 heteroatoms. The smallest absolute Gasteiger partial charge is 0.257 e. The number of nitrogens with one attached hydrogen (secondary N) is 1. The van der Waals surface area contributed by atoms with Crippen LogP contribution in [-0.4, -0.2) is 48.1 Å². The molecule has 2 heterocycles. The Labute approximate surface area is 117 Å². The van der Waals surface area contributed by atoms with Crippen LogP contribution in [0.4, 0.5) is 10.2 Å². The zero-order valence-electron chi connectivity index (χ0n) is 11.4. The van der Waals surface area contributed by atoms with Crippen molar-refractivity contribution in [2.24, 2.45) is 0 Å². The van der Waals surface area contributed by atoms with Crippen LogP contribution in [0.5, 0.6) is 0 Å². The Morgan fingerprint density at radius 1 is 1.55 bits per heavy atom. The first-order valence-corrected chi connectivity index (χ1v) is 6.97. The number of aromatic nitrogens is 1. The van der Waals surface area contributed by atoms with Gasteiger partial charge in [-0.05, 0) is 25.3 Å². The van der Waals surface area contributed by atoms with Crippen LogP contribution in [0.3, 0.4) is 0 Å². The molecule has 1 saturated carbocycles. The number of amides is 1. The Hall–Kier alpha value is -1.69. The molecule has 2 fully saturated rings. The van der Waals surface area contributed by atoms with Crippen molar-refractivity contribution in [3.05, 3.63) is 23.6 Å². The summed E-state index contributed by atoms with van der Waals surface area (Å²) in [6.45, 7) is 1.05. The van der Waals surface area contributed by atoms with Gasteiger partial charge in [-0.3, -0.25) is 4.79 Å². The minimum absolute atomic E-state index is 0.0805. The standard InChI is InChI=1S/C14H18FN3O2/c1-16-13-12(15)9(5-6-17-13)14(19)18-7-8-20-11-4-2-3-10(11)18/h5-6,10-11H,2-4,7-8H2,1H3,(H,16,17). The minimum Gasteiger partial charge on any atom is -0.374 e. The molecule has 1 aromatic heterocycles. The first kappa shape index (κ1) is 13.3. The van der Waals surface area contributed by atoms with Gasteiger partial charge in [-0.25, -0.2) is 9.37 Å². The van der Waals surface area contributed by atoms with E-state index < -0.39 is 5.82 Å². The Kier molecular flexibility index (Phi) is 3.56.